The molecule has 0 aromatic heterocycles. The summed E-state index contributed by atoms with van der Waals surface area (Å²) < 4.78 is 11.2. The Hall–Kier alpha value is -1.85. The van der Waals surface area contributed by atoms with Crippen molar-refractivity contribution < 1.29 is 39.8 Å². The van der Waals surface area contributed by atoms with Gasteiger partial charge in [-0.15, -0.1) is 0 Å². The van der Waals surface area contributed by atoms with E-state index in [-0.39, 0.29) is 12.5 Å². The topological polar surface area (TPSA) is 149 Å². The normalized spacial score (nSPS) is 20.0. The van der Waals surface area contributed by atoms with Crippen molar-refractivity contribution in [2.75, 3.05) is 13.2 Å². The van der Waals surface area contributed by atoms with E-state index < -0.39 is 49.5 Å². The van der Waals surface area contributed by atoms with Crippen molar-refractivity contribution in [1.82, 2.24) is 5.32 Å². The van der Waals surface area contributed by atoms with Crippen LogP contribution in [0.25, 0.3) is 0 Å². The number of aliphatic hydroxyl groups is 5. The lowest BCUT2D eigenvalue weighted by atomic mass is 9.99. The van der Waals surface area contributed by atoms with Gasteiger partial charge in [-0.2, -0.15) is 0 Å². The summed E-state index contributed by atoms with van der Waals surface area (Å²) in [5.74, 6) is -0.148. The van der Waals surface area contributed by atoms with Crippen molar-refractivity contribution >= 4 is 5.91 Å². The highest BCUT2D eigenvalue weighted by atomic mass is 16.7. The fourth-order valence-electron chi connectivity index (χ4n) is 8.98. The lowest BCUT2D eigenvalue weighted by Crippen LogP contribution is -2.60. The van der Waals surface area contributed by atoms with Crippen LogP contribution in [0.4, 0.5) is 0 Å². The molecule has 1 saturated heterocycles. The van der Waals surface area contributed by atoms with E-state index in [1.807, 2.05) is 0 Å². The number of hydrogen-bond acceptors (Lipinski definition) is 8. The second-order valence-corrected chi connectivity index (χ2v) is 19.7. The van der Waals surface area contributed by atoms with Gasteiger partial charge in [-0.1, -0.05) is 249 Å². The number of nitrogens with one attached hydrogen (secondary N) is 1. The number of unbranched alkanes of at least 4 members (excludes halogenated alkanes) is 30. The predicted molar refractivity (Wildman–Crippen MR) is 281 cm³/mol. The molecule has 0 aliphatic carbocycles. The van der Waals surface area contributed by atoms with Gasteiger partial charge in [0, 0.05) is 6.42 Å². The highest BCUT2D eigenvalue weighted by molar-refractivity contribution is 5.76. The molecule has 7 atom stereocenters. The first-order valence-electron chi connectivity index (χ1n) is 28.3. The van der Waals surface area contributed by atoms with Crippen LogP contribution in [0, 0.1) is 0 Å². The molecule has 1 amide bonds. The zero-order valence-electron chi connectivity index (χ0n) is 43.4. The van der Waals surface area contributed by atoms with Crippen molar-refractivity contribution in [3.05, 3.63) is 48.6 Å². The minimum atomic E-state index is -1.55. The van der Waals surface area contributed by atoms with Crippen LogP contribution >= 0.6 is 0 Å². The molecule has 6 N–H and O–H groups in total. The maximum atomic E-state index is 12.9. The quantitative estimate of drug-likeness (QED) is 0.0261. The molecule has 0 bridgehead atoms. The van der Waals surface area contributed by atoms with Crippen molar-refractivity contribution in [1.29, 1.82) is 0 Å². The van der Waals surface area contributed by atoms with Crippen LogP contribution in [0.3, 0.4) is 0 Å². The lowest BCUT2D eigenvalue weighted by Gasteiger charge is -2.40. The van der Waals surface area contributed by atoms with Gasteiger partial charge in [-0.25, -0.2) is 0 Å². The first-order chi connectivity index (χ1) is 32.8. The number of allylic oxidation sites excluding steroid dienone is 8. The Morgan fingerprint density at radius 2 is 0.925 bits per heavy atom. The third-order valence-electron chi connectivity index (χ3n) is 13.4. The molecule has 1 rings (SSSR count). The van der Waals surface area contributed by atoms with Gasteiger partial charge in [-0.05, 0) is 51.4 Å². The third kappa shape index (κ3) is 37.6. The van der Waals surface area contributed by atoms with Crippen molar-refractivity contribution in [3.63, 3.8) is 0 Å². The van der Waals surface area contributed by atoms with Crippen LogP contribution in [0.2, 0.25) is 0 Å². The molecule has 0 saturated carbocycles. The first-order valence-corrected chi connectivity index (χ1v) is 28.3. The Morgan fingerprint density at radius 3 is 1.37 bits per heavy atom. The van der Waals surface area contributed by atoms with E-state index in [0.717, 1.165) is 77.0 Å². The number of carbonyl (C=O) groups is 1. The van der Waals surface area contributed by atoms with Gasteiger partial charge < -0.3 is 40.3 Å². The molecule has 0 aromatic carbocycles. The van der Waals surface area contributed by atoms with Crippen LogP contribution in [0.1, 0.15) is 258 Å². The number of ether oxygens (including phenoxy) is 2. The molecule has 9 nitrogen and oxygen atoms in total. The van der Waals surface area contributed by atoms with E-state index in [9.17, 15) is 30.3 Å². The van der Waals surface area contributed by atoms with Crippen molar-refractivity contribution in [2.45, 2.75) is 301 Å². The Kier molecular flexibility index (Phi) is 45.1. The summed E-state index contributed by atoms with van der Waals surface area (Å²) in [6, 6.07) is -0.713. The molecule has 1 heterocycles. The smallest absolute Gasteiger partial charge is 0.220 e. The fraction of sp³-hybridized carbons (Fsp3) is 0.845. The molecule has 0 spiro atoms. The van der Waals surface area contributed by atoms with Gasteiger partial charge in [0.1, 0.15) is 24.4 Å². The lowest BCUT2D eigenvalue weighted by molar-refractivity contribution is -0.302. The molecule has 0 aromatic rings. The summed E-state index contributed by atoms with van der Waals surface area (Å²) in [5, 5.41) is 54.0. The van der Waals surface area contributed by atoms with Crippen molar-refractivity contribution in [2.24, 2.45) is 0 Å². The molecule has 1 aliphatic rings. The second kappa shape index (κ2) is 47.8. The van der Waals surface area contributed by atoms with Crippen molar-refractivity contribution in [3.8, 4) is 0 Å². The van der Waals surface area contributed by atoms with Gasteiger partial charge in [0.2, 0.25) is 5.91 Å². The van der Waals surface area contributed by atoms with Crippen LogP contribution < -0.4 is 5.32 Å². The fourth-order valence-corrected chi connectivity index (χ4v) is 8.98. The summed E-state index contributed by atoms with van der Waals surface area (Å²) in [6.07, 6.45) is 56.6. The Balaban J connectivity index is 1.92. The summed E-state index contributed by atoms with van der Waals surface area (Å²) in [4.78, 5) is 12.9. The van der Waals surface area contributed by atoms with Gasteiger partial charge in [0.15, 0.2) is 6.29 Å². The Morgan fingerprint density at radius 1 is 0.522 bits per heavy atom. The summed E-state index contributed by atoms with van der Waals surface area (Å²) in [5.41, 5.74) is 0. The average molecular weight is 946 g/mol. The average Bonchev–Trinajstić information content (AvgIpc) is 3.33. The van der Waals surface area contributed by atoms with E-state index in [1.165, 1.54) is 154 Å². The summed E-state index contributed by atoms with van der Waals surface area (Å²) >= 11 is 0. The Bertz CT molecular complexity index is 1190. The third-order valence-corrected chi connectivity index (χ3v) is 13.4. The summed E-state index contributed by atoms with van der Waals surface area (Å²) in [7, 11) is 0. The molecular formula is C58H107NO8. The van der Waals surface area contributed by atoms with Crippen LogP contribution in [-0.4, -0.2) is 87.5 Å². The van der Waals surface area contributed by atoms with E-state index in [1.54, 1.807) is 0 Å². The van der Waals surface area contributed by atoms with Crippen LogP contribution in [0.5, 0.6) is 0 Å². The van der Waals surface area contributed by atoms with Crippen LogP contribution in [-0.2, 0) is 14.3 Å². The molecule has 9 heteroatoms. The van der Waals surface area contributed by atoms with E-state index in [4.69, 9.17) is 9.47 Å². The monoisotopic (exact) mass is 946 g/mol. The van der Waals surface area contributed by atoms with E-state index in [2.05, 4.69) is 67.8 Å². The van der Waals surface area contributed by atoms with Gasteiger partial charge in [-0.3, -0.25) is 4.79 Å². The number of aliphatic hydroxyl groups excluding tert-OH is 5. The zero-order chi connectivity index (χ0) is 48.7. The van der Waals surface area contributed by atoms with Gasteiger partial charge in [0.05, 0.1) is 25.4 Å². The first kappa shape index (κ1) is 63.2. The molecule has 392 valence electrons. The predicted octanol–water partition coefficient (Wildman–Crippen LogP) is 13.7. The largest absolute Gasteiger partial charge is 0.394 e. The molecule has 1 fully saturated rings. The highest BCUT2D eigenvalue weighted by Crippen LogP contribution is 2.23. The molecule has 0 radical (unpaired) electrons. The van der Waals surface area contributed by atoms with E-state index >= 15 is 0 Å². The highest BCUT2D eigenvalue weighted by Gasteiger charge is 2.44. The van der Waals surface area contributed by atoms with E-state index in [0.29, 0.717) is 12.8 Å². The number of amides is 1. The number of rotatable bonds is 48. The minimum Gasteiger partial charge on any atom is -0.394 e. The Labute approximate surface area is 412 Å². The minimum absolute atomic E-state index is 0.137. The summed E-state index contributed by atoms with van der Waals surface area (Å²) in [6.45, 7) is 3.64. The zero-order valence-corrected chi connectivity index (χ0v) is 43.4. The maximum Gasteiger partial charge on any atom is 0.220 e. The van der Waals surface area contributed by atoms with Gasteiger partial charge >= 0.3 is 0 Å². The van der Waals surface area contributed by atoms with Crippen LogP contribution in [0.15, 0.2) is 48.6 Å². The van der Waals surface area contributed by atoms with Gasteiger partial charge in [0.25, 0.3) is 0 Å². The second-order valence-electron chi connectivity index (χ2n) is 19.7. The molecule has 7 unspecified atom stereocenters. The number of hydrogen-bond donors (Lipinski definition) is 6. The molecule has 67 heavy (non-hydrogen) atoms. The molecule has 1 aliphatic heterocycles. The standard InChI is InChI=1S/C58H107NO8/c1-3-5-7-9-10-11-12-13-14-15-16-17-18-19-20-21-22-23-24-25-26-27-28-29-30-31-32-33-34-35-36-37-38-39-40-41-42-44-46-48-54(62)59-51(52(61)47-45-43-8-6-4-2)50-66-58-57(65)56(64)55(63)53(49-60)67-58/h5,7,10-11,13-14,16-17,51-53,55-58,60-61,63-65H,3-4,6,8-9,12,15,18-50H2,1-2H3,(H,59,62)/b7-5-,11-10-,14-13-,17-16-. The maximum absolute atomic E-state index is 12.9. The molecular weight excluding hydrogens is 839 g/mol. The SMILES string of the molecule is CC/C=C\C/C=C\C/C=C\C/C=C\CCCCCCCCCCCCCCCCCCCCCCCCCCCCC(=O)NC(COC1OC(CO)C(O)C(O)C1O)C(O)CCCCCCC. The number of carbonyl (C=O) groups excluding carboxylic acids is 1.